The van der Waals surface area contributed by atoms with Gasteiger partial charge in [-0.15, -0.1) is 0 Å². The van der Waals surface area contributed by atoms with Gasteiger partial charge in [0.25, 0.3) is 5.91 Å². The Balaban J connectivity index is 1.56. The summed E-state index contributed by atoms with van der Waals surface area (Å²) in [5.41, 5.74) is 5.33. The molecule has 0 bridgehead atoms. The Bertz CT molecular complexity index is 1190. The van der Waals surface area contributed by atoms with E-state index >= 15 is 0 Å². The van der Waals surface area contributed by atoms with E-state index in [-0.39, 0.29) is 11.9 Å². The summed E-state index contributed by atoms with van der Waals surface area (Å²) in [4.78, 5) is 27.8. The number of nitrogens with zero attached hydrogens (tertiary/aromatic N) is 1. The Hall–Kier alpha value is -3.51. The van der Waals surface area contributed by atoms with E-state index in [1.165, 1.54) is 0 Å². The fraction of sp³-hybridized carbons (Fsp3) is 0.231. The number of hydrogen-bond acceptors (Lipinski definition) is 3. The van der Waals surface area contributed by atoms with Crippen molar-refractivity contribution in [2.24, 2.45) is 0 Å². The van der Waals surface area contributed by atoms with E-state index < -0.39 is 0 Å². The van der Waals surface area contributed by atoms with Crippen molar-refractivity contribution in [1.82, 2.24) is 0 Å². The van der Waals surface area contributed by atoms with Crippen molar-refractivity contribution in [3.8, 4) is 0 Å². The lowest BCUT2D eigenvalue weighted by Gasteiger charge is -2.23. The van der Waals surface area contributed by atoms with E-state index in [2.05, 4.69) is 20.9 Å². The van der Waals surface area contributed by atoms with Crippen molar-refractivity contribution in [3.05, 3.63) is 82.4 Å². The number of aryl methyl sites for hydroxylation is 2. The maximum Gasteiger partial charge on any atom is 0.323 e. The fourth-order valence-electron chi connectivity index (χ4n) is 3.94. The predicted octanol–water partition coefficient (Wildman–Crippen LogP) is 6.45. The number of hydrogen-bond donors (Lipinski definition) is 3. The zero-order chi connectivity index (χ0) is 23.4. The van der Waals surface area contributed by atoms with Gasteiger partial charge in [0.1, 0.15) is 0 Å². The lowest BCUT2D eigenvalue weighted by Crippen LogP contribution is -2.24. The highest BCUT2D eigenvalue weighted by Crippen LogP contribution is 2.32. The zero-order valence-electron chi connectivity index (χ0n) is 18.7. The van der Waals surface area contributed by atoms with Gasteiger partial charge in [0, 0.05) is 35.1 Å². The van der Waals surface area contributed by atoms with E-state index in [1.54, 1.807) is 24.3 Å². The predicted molar refractivity (Wildman–Crippen MR) is 136 cm³/mol. The molecular weight excluding hydrogens is 436 g/mol. The van der Waals surface area contributed by atoms with E-state index in [0.29, 0.717) is 27.6 Å². The lowest BCUT2D eigenvalue weighted by molar-refractivity contribution is 0.102. The van der Waals surface area contributed by atoms with Crippen LogP contribution in [0.2, 0.25) is 5.02 Å². The molecule has 1 heterocycles. The van der Waals surface area contributed by atoms with Crippen LogP contribution in [0.4, 0.5) is 27.5 Å². The Kier molecular flexibility index (Phi) is 6.84. The number of benzene rings is 3. The molecule has 0 radical (unpaired) electrons. The smallest absolute Gasteiger partial charge is 0.323 e. The number of halogens is 1. The zero-order valence-corrected chi connectivity index (χ0v) is 19.5. The molecule has 3 aromatic carbocycles. The molecule has 0 unspecified atom stereocenters. The van der Waals surface area contributed by atoms with Crippen LogP contribution in [0, 0.1) is 13.8 Å². The standard InChI is InChI=1S/C26H27ClN4O2/c1-17-6-5-7-19(14-17)25(32)28-21-10-11-24(31-12-3-4-13-31)23(16-21)30-26(33)29-22-15-20(27)9-8-18(22)2/h5-11,14-16H,3-4,12-13H2,1-2H3,(H,28,32)(H2,29,30,33). The summed E-state index contributed by atoms with van der Waals surface area (Å²) in [5, 5.41) is 9.32. The molecule has 0 aromatic heterocycles. The Labute approximate surface area is 198 Å². The molecule has 1 aliphatic heterocycles. The van der Waals surface area contributed by atoms with Crippen LogP contribution >= 0.6 is 11.6 Å². The van der Waals surface area contributed by atoms with Crippen LogP contribution < -0.4 is 20.9 Å². The maximum atomic E-state index is 12.8. The largest absolute Gasteiger partial charge is 0.370 e. The third kappa shape index (κ3) is 5.65. The second kappa shape index (κ2) is 9.96. The molecule has 0 spiro atoms. The number of rotatable bonds is 5. The van der Waals surface area contributed by atoms with Crippen LogP contribution in [-0.4, -0.2) is 25.0 Å². The maximum absolute atomic E-state index is 12.8. The number of carbonyl (C=O) groups is 2. The van der Waals surface area contributed by atoms with Crippen LogP contribution in [0.15, 0.2) is 60.7 Å². The highest BCUT2D eigenvalue weighted by molar-refractivity contribution is 6.31. The van der Waals surface area contributed by atoms with Gasteiger partial charge in [-0.1, -0.05) is 35.4 Å². The summed E-state index contributed by atoms with van der Waals surface area (Å²) < 4.78 is 0. The lowest BCUT2D eigenvalue weighted by atomic mass is 10.1. The molecule has 0 atom stereocenters. The van der Waals surface area contributed by atoms with E-state index in [1.807, 2.05) is 50.2 Å². The molecule has 33 heavy (non-hydrogen) atoms. The molecule has 1 saturated heterocycles. The third-order valence-corrected chi connectivity index (χ3v) is 5.91. The third-order valence-electron chi connectivity index (χ3n) is 5.68. The molecule has 3 N–H and O–H groups in total. The molecule has 7 heteroatoms. The van der Waals surface area contributed by atoms with Crippen molar-refractivity contribution < 1.29 is 9.59 Å². The van der Waals surface area contributed by atoms with Gasteiger partial charge in [0.05, 0.1) is 11.4 Å². The van der Waals surface area contributed by atoms with Crippen LogP contribution in [0.25, 0.3) is 0 Å². The summed E-state index contributed by atoms with van der Waals surface area (Å²) >= 11 is 6.08. The van der Waals surface area contributed by atoms with Gasteiger partial charge in [0.15, 0.2) is 0 Å². The monoisotopic (exact) mass is 462 g/mol. The molecule has 170 valence electrons. The molecule has 3 amide bonds. The molecule has 3 aromatic rings. The quantitative estimate of drug-likeness (QED) is 0.407. The molecule has 1 fully saturated rings. The Morgan fingerprint density at radius 3 is 2.36 bits per heavy atom. The highest BCUT2D eigenvalue weighted by Gasteiger charge is 2.18. The SMILES string of the molecule is Cc1cccc(C(=O)Nc2ccc(N3CCCC3)c(NC(=O)Nc3cc(Cl)ccc3C)c2)c1. The van der Waals surface area contributed by atoms with Gasteiger partial charge in [-0.25, -0.2) is 4.79 Å². The van der Waals surface area contributed by atoms with E-state index in [9.17, 15) is 9.59 Å². The first-order valence-corrected chi connectivity index (χ1v) is 11.4. The average Bonchev–Trinajstić information content (AvgIpc) is 3.31. The van der Waals surface area contributed by atoms with Gasteiger partial charge in [-0.3, -0.25) is 4.79 Å². The summed E-state index contributed by atoms with van der Waals surface area (Å²) in [6, 6.07) is 18.0. The summed E-state index contributed by atoms with van der Waals surface area (Å²) in [6.45, 7) is 5.71. The number of amides is 3. The molecule has 4 rings (SSSR count). The van der Waals surface area contributed by atoms with Crippen LogP contribution in [0.3, 0.4) is 0 Å². The Morgan fingerprint density at radius 1 is 0.848 bits per heavy atom. The van der Waals surface area contributed by atoms with Crippen molar-refractivity contribution in [1.29, 1.82) is 0 Å². The van der Waals surface area contributed by atoms with E-state index in [4.69, 9.17) is 11.6 Å². The number of nitrogens with one attached hydrogen (secondary N) is 3. The first-order valence-electron chi connectivity index (χ1n) is 11.0. The second-order valence-corrected chi connectivity index (χ2v) is 8.72. The molecule has 6 nitrogen and oxygen atoms in total. The second-order valence-electron chi connectivity index (χ2n) is 8.29. The minimum atomic E-state index is -0.372. The minimum Gasteiger partial charge on any atom is -0.370 e. The van der Waals surface area contributed by atoms with Gasteiger partial charge in [-0.05, 0) is 74.7 Å². The van der Waals surface area contributed by atoms with E-state index in [0.717, 1.165) is 42.7 Å². The normalized spacial score (nSPS) is 13.0. The molecule has 1 aliphatic rings. The first kappa shape index (κ1) is 22.7. The van der Waals surface area contributed by atoms with Crippen molar-refractivity contribution in [3.63, 3.8) is 0 Å². The van der Waals surface area contributed by atoms with Crippen molar-refractivity contribution in [2.45, 2.75) is 26.7 Å². The van der Waals surface area contributed by atoms with Gasteiger partial charge in [0.2, 0.25) is 0 Å². The van der Waals surface area contributed by atoms with Crippen LogP contribution in [0.1, 0.15) is 34.3 Å². The number of anilines is 4. The number of carbonyl (C=O) groups excluding carboxylic acids is 2. The Morgan fingerprint density at radius 2 is 1.61 bits per heavy atom. The number of urea groups is 1. The van der Waals surface area contributed by atoms with Crippen molar-refractivity contribution in [2.75, 3.05) is 33.9 Å². The fourth-order valence-corrected chi connectivity index (χ4v) is 4.11. The average molecular weight is 463 g/mol. The summed E-state index contributed by atoms with van der Waals surface area (Å²) in [7, 11) is 0. The highest BCUT2D eigenvalue weighted by atomic mass is 35.5. The first-order chi connectivity index (χ1) is 15.9. The van der Waals surface area contributed by atoms with Gasteiger partial charge in [-0.2, -0.15) is 0 Å². The van der Waals surface area contributed by atoms with Crippen molar-refractivity contribution >= 4 is 46.3 Å². The van der Waals surface area contributed by atoms with Crippen LogP contribution in [0.5, 0.6) is 0 Å². The topological polar surface area (TPSA) is 73.5 Å². The molecule has 0 saturated carbocycles. The molecular formula is C26H27ClN4O2. The minimum absolute atomic E-state index is 0.197. The summed E-state index contributed by atoms with van der Waals surface area (Å²) in [6.07, 6.45) is 2.22. The molecule has 0 aliphatic carbocycles. The van der Waals surface area contributed by atoms with Gasteiger partial charge < -0.3 is 20.9 Å². The van der Waals surface area contributed by atoms with Crippen LogP contribution in [-0.2, 0) is 0 Å². The summed E-state index contributed by atoms with van der Waals surface area (Å²) in [5.74, 6) is -0.197. The van der Waals surface area contributed by atoms with Gasteiger partial charge >= 0.3 is 6.03 Å².